The van der Waals surface area contributed by atoms with E-state index in [0.717, 1.165) is 16.2 Å². The molecule has 2 aromatic rings. The molecule has 196 valence electrons. The fourth-order valence-electron chi connectivity index (χ4n) is 4.09. The molecule has 4 heterocycles. The predicted molar refractivity (Wildman–Crippen MR) is 158 cm³/mol. The van der Waals surface area contributed by atoms with E-state index in [2.05, 4.69) is 4.99 Å². The molecule has 0 unspecified atom stereocenters. The molecule has 0 spiro atoms. The molecular weight excluding hydrogens is 561 g/mol. The Hall–Kier alpha value is -2.93. The summed E-state index contributed by atoms with van der Waals surface area (Å²) in [4.78, 5) is 49.9. The lowest BCUT2D eigenvalue weighted by atomic mass is 10.2. The molecule has 8 nitrogen and oxygen atoms in total. The van der Waals surface area contributed by atoms with Crippen molar-refractivity contribution >= 4 is 86.4 Å². The predicted octanol–water partition coefficient (Wildman–Crippen LogP) is 4.16. The van der Waals surface area contributed by atoms with E-state index in [1.165, 1.54) is 28.4 Å². The van der Waals surface area contributed by atoms with E-state index in [1.54, 1.807) is 23.3 Å². The first-order valence-corrected chi connectivity index (χ1v) is 14.8. The topological polar surface area (TPSA) is 82.5 Å². The van der Waals surface area contributed by atoms with Crippen LogP contribution < -0.4 is 4.74 Å². The lowest BCUT2D eigenvalue weighted by molar-refractivity contribution is -0.133. The Labute approximate surface area is 238 Å². The Morgan fingerprint density at radius 2 is 1.82 bits per heavy atom. The maximum Gasteiger partial charge on any atom is 0.286 e. The summed E-state index contributed by atoms with van der Waals surface area (Å²) in [6.07, 6.45) is 3.88. The number of thiophene rings is 1. The number of rotatable bonds is 6. The highest BCUT2D eigenvalue weighted by molar-refractivity contribution is 8.26. The molecule has 3 amide bonds. The smallest absolute Gasteiger partial charge is 0.286 e. The average molecular weight is 585 g/mol. The van der Waals surface area contributed by atoms with Crippen LogP contribution in [0, 0.1) is 0 Å². The molecule has 0 aliphatic carbocycles. The van der Waals surface area contributed by atoms with Crippen LogP contribution in [0.25, 0.3) is 12.2 Å². The van der Waals surface area contributed by atoms with Gasteiger partial charge in [0.15, 0.2) is 5.17 Å². The second-order valence-corrected chi connectivity index (χ2v) is 12.2. The summed E-state index contributed by atoms with van der Waals surface area (Å²) in [5.41, 5.74) is 0.900. The highest BCUT2D eigenvalue weighted by Crippen LogP contribution is 2.34. The number of carbonyl (C=O) groups excluding carboxylic acids is 3. The van der Waals surface area contributed by atoms with Crippen molar-refractivity contribution in [3.05, 3.63) is 62.0 Å². The number of amides is 3. The summed E-state index contributed by atoms with van der Waals surface area (Å²) in [6.45, 7) is 2.50. The number of hydrogen-bond donors (Lipinski definition) is 0. The quantitative estimate of drug-likeness (QED) is 0.370. The highest BCUT2D eigenvalue weighted by atomic mass is 32.2. The number of piperazine rings is 1. The molecule has 5 rings (SSSR count). The molecule has 2 fully saturated rings. The first kappa shape index (κ1) is 26.7. The van der Waals surface area contributed by atoms with Gasteiger partial charge in [-0.05, 0) is 53.1 Å². The Balaban J connectivity index is 1.10. The number of thioether (sulfide) groups is 2. The standard InChI is InChI=1S/C26H24N4O4S4/c1-34-18-6-4-17(5-7-18)15-20-23(32)27-25(37-20)29-12-10-28(11-13-29)22(31)8-9-30-24(33)21(38-26(30)35)16-19-3-2-14-36-19/h2-7,14-16H,8-13H2,1H3. The maximum absolute atomic E-state index is 12.9. The van der Waals surface area contributed by atoms with Gasteiger partial charge in [0.25, 0.3) is 11.8 Å². The van der Waals surface area contributed by atoms with E-state index in [4.69, 9.17) is 17.0 Å². The van der Waals surface area contributed by atoms with Crippen LogP contribution in [0.5, 0.6) is 5.75 Å². The van der Waals surface area contributed by atoms with Gasteiger partial charge >= 0.3 is 0 Å². The summed E-state index contributed by atoms with van der Waals surface area (Å²) < 4.78 is 5.66. The highest BCUT2D eigenvalue weighted by Gasteiger charge is 2.33. The summed E-state index contributed by atoms with van der Waals surface area (Å²) in [7, 11) is 1.61. The second-order valence-electron chi connectivity index (χ2n) is 8.55. The van der Waals surface area contributed by atoms with Crippen LogP contribution >= 0.6 is 47.1 Å². The maximum atomic E-state index is 12.9. The van der Waals surface area contributed by atoms with Gasteiger partial charge < -0.3 is 14.5 Å². The molecule has 12 heteroatoms. The molecule has 1 aromatic carbocycles. The van der Waals surface area contributed by atoms with Crippen LogP contribution in [0.15, 0.2) is 56.6 Å². The van der Waals surface area contributed by atoms with Gasteiger partial charge in [0.05, 0.1) is 16.9 Å². The van der Waals surface area contributed by atoms with E-state index >= 15 is 0 Å². The third-order valence-corrected chi connectivity index (χ3v) is 9.41. The van der Waals surface area contributed by atoms with Crippen molar-refractivity contribution in [3.8, 4) is 5.75 Å². The lowest BCUT2D eigenvalue weighted by Crippen LogP contribution is -2.50. The van der Waals surface area contributed by atoms with Gasteiger partial charge in [-0.3, -0.25) is 19.3 Å². The van der Waals surface area contributed by atoms with Gasteiger partial charge in [-0.1, -0.05) is 42.2 Å². The van der Waals surface area contributed by atoms with Gasteiger partial charge in [-0.25, -0.2) is 0 Å². The summed E-state index contributed by atoms with van der Waals surface area (Å²) >= 11 is 9.58. The van der Waals surface area contributed by atoms with Gasteiger partial charge in [-0.15, -0.1) is 11.3 Å². The van der Waals surface area contributed by atoms with E-state index in [1.807, 2.05) is 58.8 Å². The molecule has 0 atom stereocenters. The second kappa shape index (κ2) is 11.9. The number of benzene rings is 1. The van der Waals surface area contributed by atoms with Crippen LogP contribution in [-0.4, -0.2) is 81.7 Å². The zero-order valence-corrected chi connectivity index (χ0v) is 23.8. The van der Waals surface area contributed by atoms with Crippen molar-refractivity contribution in [2.45, 2.75) is 6.42 Å². The van der Waals surface area contributed by atoms with E-state index < -0.39 is 0 Å². The molecule has 3 aliphatic heterocycles. The van der Waals surface area contributed by atoms with Crippen LogP contribution in [0.4, 0.5) is 0 Å². The minimum atomic E-state index is -0.254. The van der Waals surface area contributed by atoms with Gasteiger partial charge in [-0.2, -0.15) is 4.99 Å². The SMILES string of the molecule is COc1ccc(C=C2SC(N3CCN(C(=O)CCN4C(=O)C(=Cc5cccs5)SC4=S)CC3)=NC2=O)cc1. The molecule has 3 aliphatic rings. The Bertz CT molecular complexity index is 1340. The fourth-order valence-corrected chi connectivity index (χ4v) is 7.09. The minimum Gasteiger partial charge on any atom is -0.497 e. The third-order valence-electron chi connectivity index (χ3n) is 6.17. The fraction of sp³-hybridized carbons (Fsp3) is 0.269. The Morgan fingerprint density at radius 3 is 2.50 bits per heavy atom. The van der Waals surface area contributed by atoms with E-state index in [9.17, 15) is 14.4 Å². The molecule has 2 saturated heterocycles. The van der Waals surface area contributed by atoms with Crippen LogP contribution in [0.2, 0.25) is 0 Å². The summed E-state index contributed by atoms with van der Waals surface area (Å²) in [5, 5.41) is 2.62. The van der Waals surface area contributed by atoms with Crippen molar-refractivity contribution in [3.63, 3.8) is 0 Å². The molecule has 0 radical (unpaired) electrons. The molecular formula is C26H24N4O4S4. The molecule has 0 saturated carbocycles. The van der Waals surface area contributed by atoms with Crippen molar-refractivity contribution in [1.82, 2.24) is 14.7 Å². The lowest BCUT2D eigenvalue weighted by Gasteiger charge is -2.35. The molecule has 0 N–H and O–H groups in total. The van der Waals surface area contributed by atoms with Crippen LogP contribution in [0.1, 0.15) is 16.9 Å². The largest absolute Gasteiger partial charge is 0.497 e. The average Bonchev–Trinajstić information content (AvgIpc) is 3.64. The number of thiocarbonyl (C=S) groups is 1. The number of aliphatic imine (C=N–C) groups is 1. The number of hydrogen-bond acceptors (Lipinski definition) is 9. The van der Waals surface area contributed by atoms with E-state index in [-0.39, 0.29) is 30.7 Å². The Kier molecular flexibility index (Phi) is 8.32. The molecule has 1 aromatic heterocycles. The van der Waals surface area contributed by atoms with Crippen molar-refractivity contribution < 1.29 is 19.1 Å². The summed E-state index contributed by atoms with van der Waals surface area (Å²) in [6, 6.07) is 11.4. The minimum absolute atomic E-state index is 0.0156. The number of carbonyl (C=O) groups is 3. The number of nitrogens with zero attached hydrogens (tertiary/aromatic N) is 4. The van der Waals surface area contributed by atoms with Gasteiger partial charge in [0.2, 0.25) is 5.91 Å². The van der Waals surface area contributed by atoms with Crippen molar-refractivity contribution in [2.75, 3.05) is 39.8 Å². The Morgan fingerprint density at radius 1 is 1.05 bits per heavy atom. The van der Waals surface area contributed by atoms with Crippen LogP contribution in [-0.2, 0) is 14.4 Å². The van der Waals surface area contributed by atoms with Crippen molar-refractivity contribution in [2.24, 2.45) is 4.99 Å². The number of amidine groups is 1. The monoisotopic (exact) mass is 584 g/mol. The first-order valence-electron chi connectivity index (χ1n) is 11.9. The van der Waals surface area contributed by atoms with Gasteiger partial charge in [0.1, 0.15) is 10.1 Å². The number of ether oxygens (including phenoxy) is 1. The van der Waals surface area contributed by atoms with Crippen molar-refractivity contribution in [1.29, 1.82) is 0 Å². The van der Waals surface area contributed by atoms with E-state index in [0.29, 0.717) is 45.5 Å². The summed E-state index contributed by atoms with van der Waals surface area (Å²) in [5.74, 6) is 0.339. The zero-order chi connectivity index (χ0) is 26.6. The van der Waals surface area contributed by atoms with Crippen LogP contribution in [0.3, 0.4) is 0 Å². The first-order chi connectivity index (χ1) is 18.4. The normalized spacial score (nSPS) is 20.2. The number of methoxy groups -OCH3 is 1. The van der Waals surface area contributed by atoms with Gasteiger partial charge in [0, 0.05) is 44.0 Å². The molecule has 38 heavy (non-hydrogen) atoms. The molecule has 0 bridgehead atoms. The zero-order valence-electron chi connectivity index (χ0n) is 20.5. The third kappa shape index (κ3) is 6.04.